The number of carbonyl (C=O) groups is 1. The zero-order valence-corrected chi connectivity index (χ0v) is 18.1. The number of nitrogens with one attached hydrogen (secondary N) is 1. The van der Waals surface area contributed by atoms with Gasteiger partial charge in [-0.1, -0.05) is 6.07 Å². The predicted molar refractivity (Wildman–Crippen MR) is 111 cm³/mol. The number of fused-ring (bicyclic) bond motifs is 1. The van der Waals surface area contributed by atoms with E-state index in [1.165, 1.54) is 15.1 Å². The summed E-state index contributed by atoms with van der Waals surface area (Å²) in [6.07, 6.45) is 1.61. The highest BCUT2D eigenvalue weighted by Crippen LogP contribution is 2.25. The Morgan fingerprint density at radius 2 is 1.97 bits per heavy atom. The van der Waals surface area contributed by atoms with Gasteiger partial charge in [0.1, 0.15) is 29.5 Å². The second-order valence-corrected chi connectivity index (χ2v) is 7.67. The average molecular weight is 457 g/mol. The number of hydrogen-bond acceptors (Lipinski definition) is 7. The average Bonchev–Trinajstić information content (AvgIpc) is 3.36. The minimum atomic E-state index is -1.26. The number of carbonyl (C=O) groups excluding carboxylic acids is 1. The maximum absolute atomic E-state index is 13.9. The molecule has 0 fully saturated rings. The van der Waals surface area contributed by atoms with Gasteiger partial charge >= 0.3 is 0 Å². The van der Waals surface area contributed by atoms with Crippen LogP contribution in [0.2, 0.25) is 0 Å². The van der Waals surface area contributed by atoms with Crippen LogP contribution in [-0.4, -0.2) is 47.2 Å². The normalized spacial score (nSPS) is 13.2. The molecule has 0 saturated carbocycles. The van der Waals surface area contributed by atoms with Gasteiger partial charge in [0.05, 0.1) is 17.9 Å². The molecule has 0 bridgehead atoms. The molecule has 0 spiro atoms. The number of ether oxygens (including phenoxy) is 1. The van der Waals surface area contributed by atoms with E-state index >= 15 is 0 Å². The summed E-state index contributed by atoms with van der Waals surface area (Å²) in [4.78, 5) is 17.6. The molecule has 1 unspecified atom stereocenters. The van der Waals surface area contributed by atoms with Gasteiger partial charge in [0, 0.05) is 13.2 Å². The largest absolute Gasteiger partial charge is 0.485 e. The van der Waals surface area contributed by atoms with Gasteiger partial charge in [-0.05, 0) is 48.5 Å². The molecule has 4 rings (SSSR count). The van der Waals surface area contributed by atoms with Gasteiger partial charge in [-0.25, -0.2) is 18.4 Å². The van der Waals surface area contributed by atoms with E-state index in [0.717, 1.165) is 12.1 Å². The number of benzene rings is 1. The van der Waals surface area contributed by atoms with Crippen LogP contribution in [-0.2, 0) is 19.2 Å². The monoisotopic (exact) mass is 457 g/mol. The molecule has 0 radical (unpaired) electrons. The first-order chi connectivity index (χ1) is 15.7. The number of hydrogen-bond donors (Lipinski definition) is 2. The topological polar surface area (TPSA) is 119 Å². The fraction of sp³-hybridized carbons (Fsp3) is 0.286. The number of pyridine rings is 1. The second kappa shape index (κ2) is 8.54. The molecule has 0 aliphatic rings. The number of rotatable bonds is 7. The van der Waals surface area contributed by atoms with Crippen molar-refractivity contribution in [3.05, 3.63) is 70.9 Å². The summed E-state index contributed by atoms with van der Waals surface area (Å²) in [7, 11) is 1.59. The van der Waals surface area contributed by atoms with Crippen molar-refractivity contribution in [2.45, 2.75) is 26.0 Å². The Hall–Kier alpha value is -3.93. The maximum atomic E-state index is 13.9. The SMILES string of the molecule is Cc1nc2c(OCc3c(F)cccc3F)cccn2c1C(=O)NC(C)(CO)c1nnnn1C. The van der Waals surface area contributed by atoms with E-state index in [2.05, 4.69) is 25.8 Å². The molecule has 33 heavy (non-hydrogen) atoms. The van der Waals surface area contributed by atoms with E-state index in [1.54, 1.807) is 39.2 Å². The van der Waals surface area contributed by atoms with Crippen LogP contribution in [0.1, 0.15) is 34.5 Å². The number of aryl methyl sites for hydroxylation is 2. The van der Waals surface area contributed by atoms with Crippen LogP contribution < -0.4 is 10.1 Å². The number of amides is 1. The summed E-state index contributed by atoms with van der Waals surface area (Å²) >= 11 is 0. The molecule has 1 amide bonds. The van der Waals surface area contributed by atoms with Crippen molar-refractivity contribution in [2.75, 3.05) is 6.61 Å². The Bertz CT molecular complexity index is 1320. The molecule has 0 aliphatic heterocycles. The van der Waals surface area contributed by atoms with E-state index in [4.69, 9.17) is 4.74 Å². The Labute approximate surface area is 186 Å². The summed E-state index contributed by atoms with van der Waals surface area (Å²) in [5, 5.41) is 23.9. The van der Waals surface area contributed by atoms with Gasteiger partial charge in [-0.15, -0.1) is 5.10 Å². The summed E-state index contributed by atoms with van der Waals surface area (Å²) < 4.78 is 36.4. The van der Waals surface area contributed by atoms with Gasteiger partial charge in [0.15, 0.2) is 17.2 Å². The van der Waals surface area contributed by atoms with Crippen molar-refractivity contribution >= 4 is 11.6 Å². The second-order valence-electron chi connectivity index (χ2n) is 7.67. The van der Waals surface area contributed by atoms with Crippen molar-refractivity contribution < 1.29 is 23.4 Å². The Morgan fingerprint density at radius 3 is 2.61 bits per heavy atom. The molecule has 3 heterocycles. The van der Waals surface area contributed by atoms with Crippen molar-refractivity contribution in [3.63, 3.8) is 0 Å². The number of imidazole rings is 1. The highest BCUT2D eigenvalue weighted by molar-refractivity contribution is 5.95. The summed E-state index contributed by atoms with van der Waals surface area (Å²) in [5.41, 5.74) is -0.596. The van der Waals surface area contributed by atoms with Crippen molar-refractivity contribution in [1.29, 1.82) is 0 Å². The minimum absolute atomic E-state index is 0.197. The van der Waals surface area contributed by atoms with Crippen LogP contribution in [0.5, 0.6) is 5.75 Å². The van der Waals surface area contributed by atoms with Crippen LogP contribution >= 0.6 is 0 Å². The van der Waals surface area contributed by atoms with Crippen LogP contribution in [0.4, 0.5) is 8.78 Å². The number of aromatic nitrogens is 6. The molecule has 12 heteroatoms. The van der Waals surface area contributed by atoms with E-state index in [1.807, 2.05) is 0 Å². The third-order valence-corrected chi connectivity index (χ3v) is 5.26. The molecule has 1 aromatic carbocycles. The summed E-state index contributed by atoms with van der Waals surface area (Å²) in [5.74, 6) is -1.46. The third kappa shape index (κ3) is 4.00. The Kier molecular flexibility index (Phi) is 5.77. The standard InChI is InChI=1S/C21H21F2N7O3/c1-12-17(19(32)25-21(2,11-31)20-26-27-28-29(20)3)30-9-5-8-16(18(30)24-12)33-10-13-14(22)6-4-7-15(13)23/h4-9,31H,10-11H2,1-3H3,(H,25,32). The molecule has 0 saturated heterocycles. The molecule has 3 aromatic heterocycles. The Morgan fingerprint density at radius 1 is 1.24 bits per heavy atom. The number of aliphatic hydroxyl groups excluding tert-OH is 1. The highest BCUT2D eigenvalue weighted by Gasteiger charge is 2.35. The number of aliphatic hydroxyl groups is 1. The first kappa shape index (κ1) is 22.3. The molecule has 0 aliphatic carbocycles. The zero-order valence-electron chi connectivity index (χ0n) is 18.1. The first-order valence-corrected chi connectivity index (χ1v) is 9.94. The lowest BCUT2D eigenvalue weighted by Gasteiger charge is -2.26. The summed E-state index contributed by atoms with van der Waals surface area (Å²) in [6, 6.07) is 6.78. The van der Waals surface area contributed by atoms with Crippen LogP contribution in [0, 0.1) is 18.6 Å². The van der Waals surface area contributed by atoms with E-state index in [0.29, 0.717) is 11.3 Å². The maximum Gasteiger partial charge on any atom is 0.271 e. The van der Waals surface area contributed by atoms with Gasteiger partial charge in [-0.2, -0.15) is 0 Å². The van der Waals surface area contributed by atoms with Gasteiger partial charge in [0.25, 0.3) is 5.91 Å². The fourth-order valence-electron chi connectivity index (χ4n) is 3.54. The molecule has 10 nitrogen and oxygen atoms in total. The molecule has 4 aromatic rings. The van der Waals surface area contributed by atoms with E-state index in [9.17, 15) is 18.7 Å². The van der Waals surface area contributed by atoms with Gasteiger partial charge in [0.2, 0.25) is 0 Å². The number of tetrazole rings is 1. The third-order valence-electron chi connectivity index (χ3n) is 5.26. The van der Waals surface area contributed by atoms with Crippen molar-refractivity contribution in [2.24, 2.45) is 7.05 Å². The lowest BCUT2D eigenvalue weighted by Crippen LogP contribution is -2.48. The molecule has 172 valence electrons. The predicted octanol–water partition coefficient (Wildman–Crippen LogP) is 1.66. The van der Waals surface area contributed by atoms with Crippen molar-refractivity contribution in [3.8, 4) is 5.75 Å². The molecule has 2 N–H and O–H groups in total. The van der Waals surface area contributed by atoms with Crippen molar-refractivity contribution in [1.82, 2.24) is 34.9 Å². The lowest BCUT2D eigenvalue weighted by atomic mass is 10.0. The molecular formula is C21H21F2N7O3. The quantitative estimate of drug-likeness (QED) is 0.433. The number of halogens is 2. The fourth-order valence-corrected chi connectivity index (χ4v) is 3.54. The lowest BCUT2D eigenvalue weighted by molar-refractivity contribution is 0.0828. The van der Waals surface area contributed by atoms with Gasteiger partial charge < -0.3 is 15.2 Å². The summed E-state index contributed by atoms with van der Waals surface area (Å²) in [6.45, 7) is 2.42. The highest BCUT2D eigenvalue weighted by atomic mass is 19.1. The molecular weight excluding hydrogens is 436 g/mol. The Balaban J connectivity index is 1.65. The first-order valence-electron chi connectivity index (χ1n) is 9.94. The van der Waals surface area contributed by atoms with Crippen LogP contribution in [0.3, 0.4) is 0 Å². The van der Waals surface area contributed by atoms with Crippen LogP contribution in [0.15, 0.2) is 36.5 Å². The minimum Gasteiger partial charge on any atom is -0.485 e. The van der Waals surface area contributed by atoms with Gasteiger partial charge in [-0.3, -0.25) is 9.20 Å². The smallest absolute Gasteiger partial charge is 0.271 e. The number of nitrogens with zero attached hydrogens (tertiary/aromatic N) is 6. The molecule has 1 atom stereocenters. The van der Waals surface area contributed by atoms with E-state index in [-0.39, 0.29) is 29.4 Å². The zero-order chi connectivity index (χ0) is 23.8. The van der Waals surface area contributed by atoms with E-state index < -0.39 is 29.7 Å². The van der Waals surface area contributed by atoms with Crippen LogP contribution in [0.25, 0.3) is 5.65 Å².